The van der Waals surface area contributed by atoms with E-state index in [4.69, 9.17) is 0 Å². The van der Waals surface area contributed by atoms with E-state index in [9.17, 15) is 0 Å². The smallest absolute Gasteiger partial charge is 1.00 e. The summed E-state index contributed by atoms with van der Waals surface area (Å²) in [4.78, 5) is 0. The minimum atomic E-state index is -1.76. The Labute approximate surface area is 193 Å². The van der Waals surface area contributed by atoms with Gasteiger partial charge in [-0.05, 0) is 0 Å². The summed E-state index contributed by atoms with van der Waals surface area (Å²) in [5.41, 5.74) is 8.36. The zero-order chi connectivity index (χ0) is 19.1. The Morgan fingerprint density at radius 2 is 1.68 bits per heavy atom. The van der Waals surface area contributed by atoms with E-state index in [1.54, 1.807) is 27.8 Å². The standard InChI is InChI=1S/C13H15.C9H13.C2H6Si.2ClH.Zr/c1-3-10-9-11-7-5-6-8-13(11)12(10)4-2;1-9(2,3)8-6-4-5-7-8;1-3-2;;;/h5-9H,3-4H2,1-2H3;6-7H,4H2,1-3H3;1-2H3;2*1H;/q;;;;;+2/p-2. The van der Waals surface area contributed by atoms with Crippen LogP contribution < -0.4 is 24.8 Å². The maximum absolute atomic E-state index is 2.65. The summed E-state index contributed by atoms with van der Waals surface area (Å²) in [6.45, 7) is 17.0. The van der Waals surface area contributed by atoms with Gasteiger partial charge < -0.3 is 24.8 Å². The maximum Gasteiger partial charge on any atom is -1.00 e. The van der Waals surface area contributed by atoms with Crippen LogP contribution in [0, 0.1) is 5.41 Å². The van der Waals surface area contributed by atoms with Crippen LogP contribution in [0.4, 0.5) is 0 Å². The number of fused-ring (bicyclic) bond motifs is 1. The predicted molar refractivity (Wildman–Crippen MR) is 114 cm³/mol. The molecule has 0 heterocycles. The van der Waals surface area contributed by atoms with Crippen LogP contribution >= 0.6 is 0 Å². The Morgan fingerprint density at radius 1 is 1.04 bits per heavy atom. The van der Waals surface area contributed by atoms with E-state index in [1.807, 2.05) is 3.28 Å². The Balaban J connectivity index is 0.00000196. The summed E-state index contributed by atoms with van der Waals surface area (Å²) in [7, 11) is 0. The number of rotatable bonds is 4. The maximum atomic E-state index is 2.65. The number of benzene rings is 1. The summed E-state index contributed by atoms with van der Waals surface area (Å²) in [6, 6.07) is 9.37. The van der Waals surface area contributed by atoms with Gasteiger partial charge in [-0.25, -0.2) is 0 Å². The van der Waals surface area contributed by atoms with Gasteiger partial charge in [0.05, 0.1) is 0 Å². The van der Waals surface area contributed by atoms with E-state index in [0.29, 0.717) is 0 Å². The average molecular weight is 513 g/mol. The number of allylic oxidation sites excluding steroid dienone is 6. The van der Waals surface area contributed by atoms with Crippen molar-refractivity contribution >= 4 is 11.0 Å². The zero-order valence-corrected chi connectivity index (χ0v) is 23.4. The first-order valence-electron chi connectivity index (χ1n) is 10.2. The molecule has 0 aliphatic heterocycles. The molecular weight excluding hydrogens is 478 g/mol. The predicted octanol–water partition coefficient (Wildman–Crippen LogP) is 1.45. The Bertz CT molecular complexity index is 850. The van der Waals surface area contributed by atoms with Crippen molar-refractivity contribution in [1.29, 1.82) is 0 Å². The molecule has 1 atom stereocenters. The molecule has 0 spiro atoms. The second-order valence-corrected chi connectivity index (χ2v) is 26.5. The van der Waals surface area contributed by atoms with Gasteiger partial charge in [-0.3, -0.25) is 0 Å². The fraction of sp³-hybridized carbons (Fsp3) is 0.500. The summed E-state index contributed by atoms with van der Waals surface area (Å²) in [5.74, 6) is 0. The van der Waals surface area contributed by atoms with Crippen molar-refractivity contribution in [3.63, 3.8) is 0 Å². The van der Waals surface area contributed by atoms with Crippen molar-refractivity contribution in [3.8, 4) is 0 Å². The minimum Gasteiger partial charge on any atom is -1.00 e. The van der Waals surface area contributed by atoms with Crippen LogP contribution in [-0.4, -0.2) is 5.43 Å². The van der Waals surface area contributed by atoms with Gasteiger partial charge in [-0.1, -0.05) is 0 Å². The van der Waals surface area contributed by atoms with Gasteiger partial charge in [0.2, 0.25) is 0 Å². The number of hydrogen-bond acceptors (Lipinski definition) is 0. The molecule has 0 bridgehead atoms. The molecule has 0 saturated carbocycles. The molecule has 152 valence electrons. The van der Waals surface area contributed by atoms with E-state index < -0.39 is 20.4 Å². The van der Waals surface area contributed by atoms with Crippen molar-refractivity contribution in [2.24, 2.45) is 5.41 Å². The first kappa shape index (κ1) is 26.2. The molecule has 1 aromatic rings. The van der Waals surface area contributed by atoms with Gasteiger partial charge in [-0.2, -0.15) is 0 Å². The van der Waals surface area contributed by atoms with E-state index >= 15 is 0 Å². The van der Waals surface area contributed by atoms with Crippen LogP contribution in [0.25, 0.3) is 5.57 Å². The molecule has 0 amide bonds. The summed E-state index contributed by atoms with van der Waals surface area (Å²) < 4.78 is 2.69. The van der Waals surface area contributed by atoms with Gasteiger partial charge >= 0.3 is 169 Å². The third-order valence-corrected chi connectivity index (χ3v) is 24.2. The van der Waals surface area contributed by atoms with Gasteiger partial charge in [0, 0.05) is 0 Å². The average Bonchev–Trinajstić information content (AvgIpc) is 3.18. The number of hydrogen-bond donors (Lipinski definition) is 0. The molecule has 4 heteroatoms. The molecule has 1 unspecified atom stereocenters. The van der Waals surface area contributed by atoms with Gasteiger partial charge in [0.15, 0.2) is 0 Å². The molecule has 0 nitrogen and oxygen atoms in total. The third kappa shape index (κ3) is 4.88. The van der Waals surface area contributed by atoms with E-state index in [0.717, 1.165) is 3.63 Å². The minimum absolute atomic E-state index is 0. The first-order chi connectivity index (χ1) is 12.3. The molecule has 0 saturated heterocycles. The molecule has 1 aromatic carbocycles. The van der Waals surface area contributed by atoms with Crippen LogP contribution in [0.15, 0.2) is 50.8 Å². The quantitative estimate of drug-likeness (QED) is 0.536. The fourth-order valence-electron chi connectivity index (χ4n) is 4.75. The van der Waals surface area contributed by atoms with Crippen LogP contribution in [0.3, 0.4) is 0 Å². The fourth-order valence-corrected chi connectivity index (χ4v) is 23.6. The molecule has 0 radical (unpaired) electrons. The molecule has 3 rings (SSSR count). The van der Waals surface area contributed by atoms with Crippen molar-refractivity contribution < 1.29 is 45.2 Å². The zero-order valence-electron chi connectivity index (χ0n) is 18.4. The van der Waals surface area contributed by atoms with E-state index in [1.165, 1.54) is 19.3 Å². The monoisotopic (exact) mass is 510 g/mol. The Hall–Kier alpha value is 0.120. The van der Waals surface area contributed by atoms with E-state index in [2.05, 4.69) is 84.1 Å². The molecule has 0 aromatic heterocycles. The van der Waals surface area contributed by atoms with Gasteiger partial charge in [-0.15, -0.1) is 0 Å². The summed E-state index contributed by atoms with van der Waals surface area (Å²) in [5, 5.41) is 0. The summed E-state index contributed by atoms with van der Waals surface area (Å²) in [6.07, 6.45) is 8.85. The Morgan fingerprint density at radius 3 is 2.18 bits per heavy atom. The molecule has 0 N–H and O–H groups in total. The van der Waals surface area contributed by atoms with Crippen molar-refractivity contribution in [2.75, 3.05) is 0 Å². The summed E-state index contributed by atoms with van der Waals surface area (Å²) >= 11 is -1.76. The van der Waals surface area contributed by atoms with Crippen LogP contribution in [0.5, 0.6) is 0 Å². The van der Waals surface area contributed by atoms with Crippen LogP contribution in [0.1, 0.15) is 68.6 Å². The molecule has 2 aliphatic carbocycles. The third-order valence-electron chi connectivity index (χ3n) is 5.98. The largest absolute Gasteiger partial charge is 1.00 e. The molecular formula is C24H34Cl2SiZr. The molecule has 2 aliphatic rings. The van der Waals surface area contributed by atoms with Gasteiger partial charge in [0.1, 0.15) is 0 Å². The SMILES string of the molecule is CCC1=C(CC)[CH]([Zr+2]([C]2=CC(C(C)(C)C)=CC2)=[Si](C)C)c2ccccc21.[Cl-].[Cl-]. The van der Waals surface area contributed by atoms with Crippen LogP contribution in [0.2, 0.25) is 13.1 Å². The number of halogens is 2. The van der Waals surface area contributed by atoms with Crippen molar-refractivity contribution in [3.05, 3.63) is 62.0 Å². The van der Waals surface area contributed by atoms with E-state index in [-0.39, 0.29) is 35.7 Å². The molecule has 0 fully saturated rings. The van der Waals surface area contributed by atoms with Crippen molar-refractivity contribution in [1.82, 2.24) is 0 Å². The molecule has 28 heavy (non-hydrogen) atoms. The van der Waals surface area contributed by atoms with Crippen LogP contribution in [-0.2, 0) is 20.4 Å². The normalized spacial score (nSPS) is 17.7. The second-order valence-electron chi connectivity index (χ2n) is 8.93. The second kappa shape index (κ2) is 10.4. The van der Waals surface area contributed by atoms with Crippen molar-refractivity contribution in [2.45, 2.75) is 70.6 Å². The van der Waals surface area contributed by atoms with Gasteiger partial charge in [0.25, 0.3) is 0 Å². The first-order valence-corrected chi connectivity index (χ1v) is 19.0. The topological polar surface area (TPSA) is 0 Å². The Kier molecular flexibility index (Phi) is 9.74.